The maximum Gasteiger partial charge on any atom is 0.00919 e. The lowest BCUT2D eigenvalue weighted by Gasteiger charge is -1.91. The summed E-state index contributed by atoms with van der Waals surface area (Å²) in [6.07, 6.45) is 3.36. The molecule has 1 heteroatoms. The van der Waals surface area contributed by atoms with E-state index in [4.69, 9.17) is 5.41 Å². The third-order valence-electron chi connectivity index (χ3n) is 1.53. The first-order valence-corrected chi connectivity index (χ1v) is 2.85. The molecule has 0 saturated heterocycles. The van der Waals surface area contributed by atoms with E-state index in [0.29, 0.717) is 0 Å². The number of hydrogen-bond donors (Lipinski definition) is 1. The van der Waals surface area contributed by atoms with Gasteiger partial charge in [0.05, 0.1) is 0 Å². The van der Waals surface area contributed by atoms with Crippen LogP contribution >= 0.6 is 0 Å². The molecule has 1 N–H and O–H groups in total. The molecule has 1 atom stereocenters. The Morgan fingerprint density at radius 3 is 2.57 bits per heavy atom. The van der Waals surface area contributed by atoms with Gasteiger partial charge in [-0.1, -0.05) is 6.92 Å². The SMILES string of the molecule is CC1CCC(=N)C1. The molecular weight excluding hydrogens is 86.1 g/mol. The highest BCUT2D eigenvalue weighted by Gasteiger charge is 2.13. The molecule has 0 aromatic heterocycles. The molecule has 0 aromatic rings. The summed E-state index contributed by atoms with van der Waals surface area (Å²) in [6.45, 7) is 2.21. The van der Waals surface area contributed by atoms with Crippen LogP contribution in [0.5, 0.6) is 0 Å². The lowest BCUT2D eigenvalue weighted by Crippen LogP contribution is -1.85. The van der Waals surface area contributed by atoms with Gasteiger partial charge in [0.15, 0.2) is 0 Å². The molecule has 0 radical (unpaired) electrons. The van der Waals surface area contributed by atoms with Crippen molar-refractivity contribution in [1.82, 2.24) is 0 Å². The predicted molar refractivity (Wildman–Crippen MR) is 30.7 cm³/mol. The Hall–Kier alpha value is -0.330. The van der Waals surface area contributed by atoms with Crippen molar-refractivity contribution in [2.24, 2.45) is 5.92 Å². The van der Waals surface area contributed by atoms with Gasteiger partial charge in [-0.3, -0.25) is 0 Å². The van der Waals surface area contributed by atoms with E-state index >= 15 is 0 Å². The zero-order valence-electron chi connectivity index (χ0n) is 4.70. The van der Waals surface area contributed by atoms with Crippen LogP contribution in [-0.4, -0.2) is 5.71 Å². The van der Waals surface area contributed by atoms with Crippen LogP contribution in [0.1, 0.15) is 26.2 Å². The van der Waals surface area contributed by atoms with Gasteiger partial charge in [0.2, 0.25) is 0 Å². The third-order valence-corrected chi connectivity index (χ3v) is 1.53. The van der Waals surface area contributed by atoms with E-state index in [2.05, 4.69) is 6.92 Å². The highest BCUT2D eigenvalue weighted by atomic mass is 14.4. The Morgan fingerprint density at radius 1 is 1.71 bits per heavy atom. The lowest BCUT2D eigenvalue weighted by atomic mass is 10.1. The Morgan fingerprint density at radius 2 is 2.43 bits per heavy atom. The first-order chi connectivity index (χ1) is 3.29. The van der Waals surface area contributed by atoms with E-state index in [0.717, 1.165) is 24.5 Å². The lowest BCUT2D eigenvalue weighted by molar-refractivity contribution is 0.623. The zero-order valence-corrected chi connectivity index (χ0v) is 4.70. The molecule has 0 aliphatic heterocycles. The number of rotatable bonds is 0. The minimum atomic E-state index is 0.799. The van der Waals surface area contributed by atoms with E-state index in [1.54, 1.807) is 0 Å². The second-order valence-electron chi connectivity index (χ2n) is 2.45. The molecule has 0 aromatic carbocycles. The minimum Gasteiger partial charge on any atom is -0.310 e. The van der Waals surface area contributed by atoms with Gasteiger partial charge >= 0.3 is 0 Å². The normalized spacial score (nSPS) is 31.6. The molecule has 0 spiro atoms. The molecule has 1 aliphatic rings. The Bertz CT molecular complexity index is 86.2. The summed E-state index contributed by atoms with van der Waals surface area (Å²) >= 11 is 0. The van der Waals surface area contributed by atoms with Crippen molar-refractivity contribution in [3.05, 3.63) is 0 Å². The molecule has 1 saturated carbocycles. The fraction of sp³-hybridized carbons (Fsp3) is 0.833. The molecule has 1 fully saturated rings. The second kappa shape index (κ2) is 1.65. The molecule has 0 heterocycles. The largest absolute Gasteiger partial charge is 0.310 e. The van der Waals surface area contributed by atoms with Crippen molar-refractivity contribution in [2.75, 3.05) is 0 Å². The Balaban J connectivity index is 2.40. The van der Waals surface area contributed by atoms with Crippen LogP contribution in [-0.2, 0) is 0 Å². The van der Waals surface area contributed by atoms with E-state index in [-0.39, 0.29) is 0 Å². The van der Waals surface area contributed by atoms with Crippen molar-refractivity contribution < 1.29 is 0 Å². The van der Waals surface area contributed by atoms with Crippen molar-refractivity contribution in [2.45, 2.75) is 26.2 Å². The summed E-state index contributed by atoms with van der Waals surface area (Å²) in [7, 11) is 0. The molecule has 1 rings (SSSR count). The van der Waals surface area contributed by atoms with E-state index in [1.165, 1.54) is 6.42 Å². The average molecular weight is 97.2 g/mol. The van der Waals surface area contributed by atoms with E-state index in [9.17, 15) is 0 Å². The zero-order chi connectivity index (χ0) is 5.28. The van der Waals surface area contributed by atoms with Crippen LogP contribution in [0, 0.1) is 11.3 Å². The summed E-state index contributed by atoms with van der Waals surface area (Å²) in [5.74, 6) is 0.799. The standard InChI is InChI=1S/C6H11N/c1-5-2-3-6(7)4-5/h5,7H,2-4H2,1H3. The topological polar surface area (TPSA) is 23.9 Å². The monoisotopic (exact) mass is 97.1 g/mol. The van der Waals surface area contributed by atoms with Crippen LogP contribution in [0.2, 0.25) is 0 Å². The fourth-order valence-electron chi connectivity index (χ4n) is 1.05. The molecular formula is C6H11N. The van der Waals surface area contributed by atoms with Gasteiger partial charge < -0.3 is 5.41 Å². The van der Waals surface area contributed by atoms with E-state index < -0.39 is 0 Å². The van der Waals surface area contributed by atoms with Crippen molar-refractivity contribution in [1.29, 1.82) is 5.41 Å². The van der Waals surface area contributed by atoms with Crippen LogP contribution < -0.4 is 0 Å². The number of nitrogens with one attached hydrogen (secondary N) is 1. The third kappa shape index (κ3) is 1.02. The average Bonchev–Trinajstić information content (AvgIpc) is 1.87. The molecule has 0 bridgehead atoms. The van der Waals surface area contributed by atoms with Crippen molar-refractivity contribution in [3.8, 4) is 0 Å². The van der Waals surface area contributed by atoms with Crippen molar-refractivity contribution >= 4 is 5.71 Å². The molecule has 40 valence electrons. The first-order valence-electron chi connectivity index (χ1n) is 2.85. The Kier molecular flexibility index (Phi) is 1.13. The second-order valence-corrected chi connectivity index (χ2v) is 2.45. The van der Waals surface area contributed by atoms with Crippen LogP contribution in [0.4, 0.5) is 0 Å². The van der Waals surface area contributed by atoms with Gasteiger partial charge in [0.1, 0.15) is 0 Å². The maximum absolute atomic E-state index is 7.18. The Labute approximate surface area is 44.2 Å². The molecule has 7 heavy (non-hydrogen) atoms. The van der Waals surface area contributed by atoms with Gasteiger partial charge in [-0.2, -0.15) is 0 Å². The van der Waals surface area contributed by atoms with Crippen LogP contribution in [0.25, 0.3) is 0 Å². The van der Waals surface area contributed by atoms with Crippen LogP contribution in [0.3, 0.4) is 0 Å². The van der Waals surface area contributed by atoms with E-state index in [1.807, 2.05) is 0 Å². The van der Waals surface area contributed by atoms with Gasteiger partial charge in [-0.25, -0.2) is 0 Å². The summed E-state index contributed by atoms with van der Waals surface area (Å²) in [5, 5.41) is 7.18. The minimum absolute atomic E-state index is 0.799. The van der Waals surface area contributed by atoms with Crippen molar-refractivity contribution in [3.63, 3.8) is 0 Å². The summed E-state index contributed by atoms with van der Waals surface area (Å²) in [6, 6.07) is 0. The summed E-state index contributed by atoms with van der Waals surface area (Å²) < 4.78 is 0. The fourth-order valence-corrected chi connectivity index (χ4v) is 1.05. The molecule has 1 unspecified atom stereocenters. The van der Waals surface area contributed by atoms with Gasteiger partial charge in [-0.05, 0) is 25.2 Å². The summed E-state index contributed by atoms with van der Waals surface area (Å²) in [5.41, 5.74) is 0.951. The number of hydrogen-bond acceptors (Lipinski definition) is 1. The molecule has 1 nitrogen and oxygen atoms in total. The van der Waals surface area contributed by atoms with Crippen LogP contribution in [0.15, 0.2) is 0 Å². The molecule has 0 amide bonds. The summed E-state index contributed by atoms with van der Waals surface area (Å²) in [4.78, 5) is 0. The first kappa shape index (κ1) is 4.82. The highest BCUT2D eigenvalue weighted by molar-refractivity contribution is 5.83. The maximum atomic E-state index is 7.18. The van der Waals surface area contributed by atoms with Gasteiger partial charge in [-0.15, -0.1) is 0 Å². The quantitative estimate of drug-likeness (QED) is 0.477. The highest BCUT2D eigenvalue weighted by Crippen LogP contribution is 2.20. The predicted octanol–water partition coefficient (Wildman–Crippen LogP) is 1.83. The van der Waals surface area contributed by atoms with Gasteiger partial charge in [0.25, 0.3) is 0 Å². The molecule has 1 aliphatic carbocycles. The van der Waals surface area contributed by atoms with Gasteiger partial charge in [0, 0.05) is 5.71 Å². The smallest absolute Gasteiger partial charge is 0.00919 e.